The SMILES string of the molecule is O=S1(=O)CCC(C(CO)Cc2cc(F)cc(Br)c2)C1. The van der Waals surface area contributed by atoms with E-state index in [9.17, 15) is 17.9 Å². The van der Waals surface area contributed by atoms with Crippen LogP contribution in [0.5, 0.6) is 0 Å². The minimum Gasteiger partial charge on any atom is -0.396 e. The summed E-state index contributed by atoms with van der Waals surface area (Å²) in [5.41, 5.74) is 0.773. The number of rotatable bonds is 4. The Morgan fingerprint density at radius 2 is 2.16 bits per heavy atom. The number of aliphatic hydroxyl groups is 1. The third-order valence-corrected chi connectivity index (χ3v) is 5.84. The summed E-state index contributed by atoms with van der Waals surface area (Å²) in [4.78, 5) is 0. The van der Waals surface area contributed by atoms with Gasteiger partial charge >= 0.3 is 0 Å². The number of aliphatic hydroxyl groups excluding tert-OH is 1. The highest BCUT2D eigenvalue weighted by molar-refractivity contribution is 9.10. The van der Waals surface area contributed by atoms with Crippen LogP contribution in [0.1, 0.15) is 12.0 Å². The molecule has 0 amide bonds. The van der Waals surface area contributed by atoms with Gasteiger partial charge in [0.05, 0.1) is 11.5 Å². The van der Waals surface area contributed by atoms with Gasteiger partial charge in [-0.1, -0.05) is 15.9 Å². The predicted octanol–water partition coefficient (Wildman–Crippen LogP) is 2.17. The third kappa shape index (κ3) is 4.00. The fraction of sp³-hybridized carbons (Fsp3) is 0.538. The molecule has 3 nitrogen and oxygen atoms in total. The molecule has 0 aliphatic carbocycles. The molecule has 2 rings (SSSR count). The lowest BCUT2D eigenvalue weighted by atomic mass is 9.87. The number of hydrogen-bond acceptors (Lipinski definition) is 3. The zero-order valence-corrected chi connectivity index (χ0v) is 12.8. The maximum absolute atomic E-state index is 13.3. The molecule has 19 heavy (non-hydrogen) atoms. The first-order chi connectivity index (χ1) is 8.89. The highest BCUT2D eigenvalue weighted by atomic mass is 79.9. The van der Waals surface area contributed by atoms with Crippen LogP contribution in [0.3, 0.4) is 0 Å². The molecule has 106 valence electrons. The maximum atomic E-state index is 13.3. The van der Waals surface area contributed by atoms with Crippen LogP contribution in [0.2, 0.25) is 0 Å². The fourth-order valence-electron chi connectivity index (χ4n) is 2.61. The lowest BCUT2D eigenvalue weighted by molar-refractivity contribution is 0.184. The molecule has 2 atom stereocenters. The van der Waals surface area contributed by atoms with Gasteiger partial charge in [-0.25, -0.2) is 12.8 Å². The molecule has 1 aliphatic rings. The molecule has 0 aromatic heterocycles. The largest absolute Gasteiger partial charge is 0.396 e. The van der Waals surface area contributed by atoms with Crippen molar-refractivity contribution >= 4 is 25.8 Å². The molecule has 6 heteroatoms. The Labute approximate surface area is 120 Å². The summed E-state index contributed by atoms with van der Waals surface area (Å²) in [7, 11) is -2.95. The van der Waals surface area contributed by atoms with E-state index in [-0.39, 0.29) is 35.8 Å². The highest BCUT2D eigenvalue weighted by Crippen LogP contribution is 2.29. The standard InChI is InChI=1S/C13H16BrFO3S/c14-12-4-9(5-13(15)6-12)3-11(7-16)10-1-2-19(17,18)8-10/h4-6,10-11,16H,1-3,7-8H2. The first-order valence-corrected chi connectivity index (χ1v) is 8.77. The molecule has 1 aromatic carbocycles. The quantitative estimate of drug-likeness (QED) is 0.905. The van der Waals surface area contributed by atoms with Gasteiger partial charge in [0.1, 0.15) is 5.82 Å². The van der Waals surface area contributed by atoms with Crippen LogP contribution >= 0.6 is 15.9 Å². The zero-order chi connectivity index (χ0) is 14.0. The van der Waals surface area contributed by atoms with Crippen molar-refractivity contribution in [2.75, 3.05) is 18.1 Å². The van der Waals surface area contributed by atoms with Gasteiger partial charge in [0, 0.05) is 11.1 Å². The van der Waals surface area contributed by atoms with Gasteiger partial charge in [-0.15, -0.1) is 0 Å². The molecular weight excluding hydrogens is 335 g/mol. The lowest BCUT2D eigenvalue weighted by Crippen LogP contribution is -2.22. The Morgan fingerprint density at radius 1 is 1.42 bits per heavy atom. The molecule has 0 bridgehead atoms. The second-order valence-electron chi connectivity index (χ2n) is 5.09. The van der Waals surface area contributed by atoms with Gasteiger partial charge in [-0.05, 0) is 48.4 Å². The maximum Gasteiger partial charge on any atom is 0.150 e. The van der Waals surface area contributed by atoms with Crippen LogP contribution in [-0.4, -0.2) is 31.6 Å². The summed E-state index contributed by atoms with van der Waals surface area (Å²) in [6, 6.07) is 4.60. The van der Waals surface area contributed by atoms with Crippen molar-refractivity contribution in [2.24, 2.45) is 11.8 Å². The number of halogens is 2. The first-order valence-electron chi connectivity index (χ1n) is 6.16. The van der Waals surface area contributed by atoms with E-state index in [0.717, 1.165) is 5.56 Å². The van der Waals surface area contributed by atoms with E-state index in [1.54, 1.807) is 6.07 Å². The Kier molecular flexibility index (Phi) is 4.63. The van der Waals surface area contributed by atoms with Crippen molar-refractivity contribution in [3.8, 4) is 0 Å². The molecule has 1 aromatic rings. The Balaban J connectivity index is 2.11. The molecular formula is C13H16BrFO3S. The van der Waals surface area contributed by atoms with Gasteiger partial charge in [-0.3, -0.25) is 0 Å². The Morgan fingerprint density at radius 3 is 2.68 bits per heavy atom. The van der Waals surface area contributed by atoms with E-state index in [1.165, 1.54) is 12.1 Å². The summed E-state index contributed by atoms with van der Waals surface area (Å²) in [6.45, 7) is -0.0751. The molecule has 1 N–H and O–H groups in total. The monoisotopic (exact) mass is 350 g/mol. The summed E-state index contributed by atoms with van der Waals surface area (Å²) in [5.74, 6) is -0.168. The van der Waals surface area contributed by atoms with Gasteiger partial charge in [0.15, 0.2) is 9.84 Å². The van der Waals surface area contributed by atoms with E-state index >= 15 is 0 Å². The van der Waals surface area contributed by atoms with E-state index in [2.05, 4.69) is 15.9 Å². The van der Waals surface area contributed by atoms with Crippen molar-refractivity contribution < 1.29 is 17.9 Å². The van der Waals surface area contributed by atoms with E-state index in [1.807, 2.05) is 0 Å². The average Bonchev–Trinajstić information content (AvgIpc) is 2.65. The molecule has 0 saturated carbocycles. The number of sulfone groups is 1. The second kappa shape index (κ2) is 5.89. The van der Waals surface area contributed by atoms with Crippen LogP contribution < -0.4 is 0 Å². The lowest BCUT2D eigenvalue weighted by Gasteiger charge is -2.20. The molecule has 0 spiro atoms. The topological polar surface area (TPSA) is 54.4 Å². The molecule has 1 aliphatic heterocycles. The van der Waals surface area contributed by atoms with Crippen molar-refractivity contribution in [1.29, 1.82) is 0 Å². The fourth-order valence-corrected chi connectivity index (χ4v) is 5.04. The smallest absolute Gasteiger partial charge is 0.150 e. The molecule has 1 fully saturated rings. The first kappa shape index (κ1) is 14.9. The second-order valence-corrected chi connectivity index (χ2v) is 8.23. The molecule has 0 radical (unpaired) electrons. The average molecular weight is 351 g/mol. The van der Waals surface area contributed by atoms with Crippen molar-refractivity contribution in [3.05, 3.63) is 34.1 Å². The van der Waals surface area contributed by atoms with Gasteiger partial charge in [-0.2, -0.15) is 0 Å². The highest BCUT2D eigenvalue weighted by Gasteiger charge is 2.33. The van der Waals surface area contributed by atoms with Crippen LogP contribution in [0.25, 0.3) is 0 Å². The third-order valence-electron chi connectivity index (χ3n) is 3.59. The number of hydrogen-bond donors (Lipinski definition) is 1. The van der Waals surface area contributed by atoms with E-state index < -0.39 is 9.84 Å². The minimum absolute atomic E-state index is 0.0305. The molecule has 1 saturated heterocycles. The summed E-state index contributed by atoms with van der Waals surface area (Å²) in [6.07, 6.45) is 1.08. The van der Waals surface area contributed by atoms with Gasteiger partial charge < -0.3 is 5.11 Å². The molecule has 1 heterocycles. The summed E-state index contributed by atoms with van der Waals surface area (Å²) >= 11 is 3.23. The van der Waals surface area contributed by atoms with Crippen molar-refractivity contribution in [2.45, 2.75) is 12.8 Å². The van der Waals surface area contributed by atoms with Crippen molar-refractivity contribution in [1.82, 2.24) is 0 Å². The van der Waals surface area contributed by atoms with Crippen LogP contribution in [0.15, 0.2) is 22.7 Å². The van der Waals surface area contributed by atoms with E-state index in [4.69, 9.17) is 0 Å². The number of benzene rings is 1. The summed E-state index contributed by atoms with van der Waals surface area (Å²) in [5, 5.41) is 9.46. The normalized spacial score (nSPS) is 23.4. The van der Waals surface area contributed by atoms with Crippen molar-refractivity contribution in [3.63, 3.8) is 0 Å². The Hall–Kier alpha value is -0.460. The molecule has 2 unspecified atom stereocenters. The van der Waals surface area contributed by atoms with Gasteiger partial charge in [0.25, 0.3) is 0 Å². The minimum atomic E-state index is -2.95. The summed E-state index contributed by atoms with van der Waals surface area (Å²) < 4.78 is 36.9. The van der Waals surface area contributed by atoms with Crippen LogP contribution in [-0.2, 0) is 16.3 Å². The predicted molar refractivity (Wildman–Crippen MR) is 75.1 cm³/mol. The Bertz CT molecular complexity index is 539. The zero-order valence-electron chi connectivity index (χ0n) is 10.4. The van der Waals surface area contributed by atoms with Gasteiger partial charge in [0.2, 0.25) is 0 Å². The van der Waals surface area contributed by atoms with E-state index in [0.29, 0.717) is 17.3 Å². The van der Waals surface area contributed by atoms with Crippen LogP contribution in [0.4, 0.5) is 4.39 Å². The van der Waals surface area contributed by atoms with Crippen LogP contribution in [0, 0.1) is 17.7 Å².